The molecule has 0 N–H and O–H groups in total. The van der Waals surface area contributed by atoms with Crippen LogP contribution in [-0.4, -0.2) is 55.5 Å². The number of Topliss-reactive ketones (excluding diaryl/α,β-unsaturated/α-hetero) is 1. The van der Waals surface area contributed by atoms with Crippen molar-refractivity contribution in [2.24, 2.45) is 0 Å². The minimum Gasteiger partial charge on any atom is -0.544 e. The van der Waals surface area contributed by atoms with Crippen LogP contribution in [0.15, 0.2) is 23.8 Å². The van der Waals surface area contributed by atoms with Gasteiger partial charge in [-0.25, -0.2) is 4.79 Å². The Morgan fingerprint density at radius 3 is 2.00 bits per heavy atom. The van der Waals surface area contributed by atoms with Gasteiger partial charge in [0.15, 0.2) is 11.9 Å². The van der Waals surface area contributed by atoms with Gasteiger partial charge in [-0.2, -0.15) is 0 Å². The number of carbonyl (C=O) groups excluding carboxylic acids is 3. The van der Waals surface area contributed by atoms with Crippen molar-refractivity contribution in [2.75, 3.05) is 21.1 Å². The summed E-state index contributed by atoms with van der Waals surface area (Å²) in [6, 6.07) is -0.996. The topological polar surface area (TPSA) is 83.5 Å². The van der Waals surface area contributed by atoms with Gasteiger partial charge in [0.2, 0.25) is 0 Å². The highest BCUT2D eigenvalue weighted by Gasteiger charge is 2.25. The molecule has 0 fully saturated rings. The van der Waals surface area contributed by atoms with Gasteiger partial charge >= 0.3 is 5.97 Å². The van der Waals surface area contributed by atoms with E-state index >= 15 is 0 Å². The maximum absolute atomic E-state index is 11.9. The van der Waals surface area contributed by atoms with Crippen molar-refractivity contribution in [3.8, 4) is 0 Å². The Bertz CT molecular complexity index is 485. The number of ether oxygens (including phenoxy) is 1. The van der Waals surface area contributed by atoms with Crippen molar-refractivity contribution >= 4 is 17.7 Å². The molecule has 0 bridgehead atoms. The average molecular weight is 297 g/mol. The molecule has 0 aliphatic carbocycles. The molecule has 0 aromatic rings. The standard InChI is InChI=1S/C15H23NO5/c1-9(2)13(17)11(4)21-15(20)10(3)8-12(14(18)19)16(5,6)7/h8,11-12H,1H2,2-7H3. The van der Waals surface area contributed by atoms with Crippen LogP contribution in [0.5, 0.6) is 0 Å². The molecule has 6 nitrogen and oxygen atoms in total. The first-order valence-corrected chi connectivity index (χ1v) is 6.49. The molecule has 0 aliphatic rings. The summed E-state index contributed by atoms with van der Waals surface area (Å²) >= 11 is 0. The Balaban J connectivity index is 5.07. The third-order valence-electron chi connectivity index (χ3n) is 2.88. The Morgan fingerprint density at radius 1 is 1.19 bits per heavy atom. The first-order valence-electron chi connectivity index (χ1n) is 6.49. The Hall–Kier alpha value is -1.95. The number of carbonyl (C=O) groups is 3. The van der Waals surface area contributed by atoms with Crippen LogP contribution in [-0.2, 0) is 19.1 Å². The maximum atomic E-state index is 11.9. The van der Waals surface area contributed by atoms with E-state index in [1.54, 1.807) is 21.1 Å². The fourth-order valence-corrected chi connectivity index (χ4v) is 1.57. The van der Waals surface area contributed by atoms with Crippen molar-refractivity contribution in [3.05, 3.63) is 23.8 Å². The van der Waals surface area contributed by atoms with Gasteiger partial charge in [-0.15, -0.1) is 0 Å². The number of ketones is 1. The van der Waals surface area contributed by atoms with E-state index in [0.29, 0.717) is 0 Å². The molecule has 0 radical (unpaired) electrons. The summed E-state index contributed by atoms with van der Waals surface area (Å²) in [4.78, 5) is 34.6. The van der Waals surface area contributed by atoms with Gasteiger partial charge in [0, 0.05) is 5.57 Å². The number of hydrogen-bond donors (Lipinski definition) is 0. The normalized spacial score (nSPS) is 15.0. The molecule has 21 heavy (non-hydrogen) atoms. The van der Waals surface area contributed by atoms with E-state index in [1.165, 1.54) is 26.8 Å². The highest BCUT2D eigenvalue weighted by Crippen LogP contribution is 2.10. The number of nitrogens with zero attached hydrogens (tertiary/aromatic N) is 1. The van der Waals surface area contributed by atoms with Gasteiger partial charge in [-0.3, -0.25) is 4.79 Å². The van der Waals surface area contributed by atoms with Crippen molar-refractivity contribution in [2.45, 2.75) is 32.9 Å². The van der Waals surface area contributed by atoms with Crippen molar-refractivity contribution < 1.29 is 28.7 Å². The van der Waals surface area contributed by atoms with Crippen LogP contribution >= 0.6 is 0 Å². The third-order valence-corrected chi connectivity index (χ3v) is 2.88. The van der Waals surface area contributed by atoms with Gasteiger partial charge < -0.3 is 19.1 Å². The zero-order valence-corrected chi connectivity index (χ0v) is 13.4. The molecule has 0 aromatic carbocycles. The molecule has 0 aliphatic heterocycles. The van der Waals surface area contributed by atoms with E-state index in [-0.39, 0.29) is 21.4 Å². The highest BCUT2D eigenvalue weighted by molar-refractivity contribution is 5.99. The molecule has 0 heterocycles. The number of aliphatic carboxylic acids is 1. The lowest BCUT2D eigenvalue weighted by Crippen LogP contribution is -2.54. The Kier molecular flexibility index (Phi) is 6.51. The minimum atomic E-state index is -1.29. The van der Waals surface area contributed by atoms with Crippen LogP contribution < -0.4 is 5.11 Å². The average Bonchev–Trinajstić information content (AvgIpc) is 2.32. The summed E-state index contributed by atoms with van der Waals surface area (Å²) in [5.74, 6) is -2.41. The third kappa shape index (κ3) is 5.91. The molecule has 0 aromatic heterocycles. The Morgan fingerprint density at radius 2 is 1.67 bits per heavy atom. The Labute approximate surface area is 125 Å². The van der Waals surface area contributed by atoms with Crippen molar-refractivity contribution in [1.82, 2.24) is 0 Å². The first kappa shape index (κ1) is 19.1. The zero-order chi connectivity index (χ0) is 17.0. The van der Waals surface area contributed by atoms with E-state index in [2.05, 4.69) is 6.58 Å². The van der Waals surface area contributed by atoms with E-state index < -0.39 is 24.1 Å². The second-order valence-corrected chi connectivity index (χ2v) is 5.92. The van der Waals surface area contributed by atoms with E-state index in [1.807, 2.05) is 0 Å². The van der Waals surface area contributed by atoms with E-state index in [4.69, 9.17) is 4.74 Å². The molecular formula is C15H23NO5. The molecule has 6 heteroatoms. The number of carboxylic acid groups (broad SMARTS) is 1. The second kappa shape index (κ2) is 7.17. The first-order chi connectivity index (χ1) is 9.37. The molecule has 2 unspecified atom stereocenters. The zero-order valence-electron chi connectivity index (χ0n) is 13.4. The summed E-state index contributed by atoms with van der Waals surface area (Å²) in [6.07, 6.45) is 0.319. The monoisotopic (exact) mass is 297 g/mol. The molecule has 0 spiro atoms. The summed E-state index contributed by atoms with van der Waals surface area (Å²) in [5, 5.41) is 11.1. The van der Waals surface area contributed by atoms with Crippen LogP contribution in [0, 0.1) is 0 Å². The fourth-order valence-electron chi connectivity index (χ4n) is 1.57. The van der Waals surface area contributed by atoms with Gasteiger partial charge in [0.05, 0.1) is 21.1 Å². The molecule has 0 saturated heterocycles. The summed E-state index contributed by atoms with van der Waals surface area (Å²) in [6.45, 7) is 7.89. The van der Waals surface area contributed by atoms with Gasteiger partial charge in [-0.1, -0.05) is 6.58 Å². The smallest absolute Gasteiger partial charge is 0.334 e. The number of rotatable bonds is 7. The van der Waals surface area contributed by atoms with Gasteiger partial charge in [-0.05, 0) is 32.4 Å². The lowest BCUT2D eigenvalue weighted by molar-refractivity contribution is -0.882. The quantitative estimate of drug-likeness (QED) is 0.370. The lowest BCUT2D eigenvalue weighted by atomic mass is 10.1. The summed E-state index contributed by atoms with van der Waals surface area (Å²) in [7, 11) is 5.01. The van der Waals surface area contributed by atoms with Gasteiger partial charge in [0.1, 0.15) is 12.0 Å². The largest absolute Gasteiger partial charge is 0.544 e. The van der Waals surface area contributed by atoms with Crippen molar-refractivity contribution in [3.63, 3.8) is 0 Å². The number of likely N-dealkylation sites (N-methyl/N-ethyl adjacent to an activating group) is 1. The predicted molar refractivity (Wildman–Crippen MR) is 76.0 cm³/mol. The van der Waals surface area contributed by atoms with Crippen LogP contribution in [0.4, 0.5) is 0 Å². The van der Waals surface area contributed by atoms with Crippen molar-refractivity contribution in [1.29, 1.82) is 0 Å². The van der Waals surface area contributed by atoms with E-state index in [0.717, 1.165) is 0 Å². The maximum Gasteiger partial charge on any atom is 0.334 e. The molecule has 118 valence electrons. The molecule has 2 atom stereocenters. The van der Waals surface area contributed by atoms with Crippen LogP contribution in [0.2, 0.25) is 0 Å². The molecule has 0 rings (SSSR count). The number of esters is 1. The molecule has 0 saturated carbocycles. The van der Waals surface area contributed by atoms with Crippen LogP contribution in [0.25, 0.3) is 0 Å². The number of quaternary nitrogens is 1. The van der Waals surface area contributed by atoms with E-state index in [9.17, 15) is 19.5 Å². The summed E-state index contributed by atoms with van der Waals surface area (Å²) in [5.41, 5.74) is 0.398. The van der Waals surface area contributed by atoms with Crippen LogP contribution in [0.1, 0.15) is 20.8 Å². The minimum absolute atomic E-state index is 0.0627. The molecular weight excluding hydrogens is 274 g/mol. The lowest BCUT2D eigenvalue weighted by Gasteiger charge is -2.33. The predicted octanol–water partition coefficient (Wildman–Crippen LogP) is -0.166. The SMILES string of the molecule is C=C(C)C(=O)C(C)OC(=O)C(C)=CC(C(=O)[O-])[N+](C)(C)C. The second-order valence-electron chi connectivity index (χ2n) is 5.92. The van der Waals surface area contributed by atoms with Gasteiger partial charge in [0.25, 0.3) is 0 Å². The van der Waals surface area contributed by atoms with Crippen LogP contribution in [0.3, 0.4) is 0 Å². The highest BCUT2D eigenvalue weighted by atomic mass is 16.5. The fraction of sp³-hybridized carbons (Fsp3) is 0.533. The number of hydrogen-bond acceptors (Lipinski definition) is 5. The number of carboxylic acids is 1. The molecule has 0 amide bonds. The summed E-state index contributed by atoms with van der Waals surface area (Å²) < 4.78 is 5.05.